The van der Waals surface area contributed by atoms with E-state index in [1.54, 1.807) is 0 Å². The van der Waals surface area contributed by atoms with Crippen LogP contribution in [0, 0.1) is 0 Å². The summed E-state index contributed by atoms with van der Waals surface area (Å²) in [5.74, 6) is 0. The molecular weight excluding hydrogens is 498 g/mol. The zero-order chi connectivity index (χ0) is 28.2. The van der Waals surface area contributed by atoms with Crippen molar-refractivity contribution in [3.63, 3.8) is 0 Å². The van der Waals surface area contributed by atoms with Gasteiger partial charge in [0.2, 0.25) is 11.0 Å². The molecule has 0 unspecified atom stereocenters. The Labute approximate surface area is 243 Å². The topological polar surface area (TPSA) is 11.0 Å². The fourth-order valence-electron chi connectivity index (χ4n) is 5.87. The van der Waals surface area contributed by atoms with Crippen molar-refractivity contribution in [3.8, 4) is 0 Å². The Bertz CT molecular complexity index is 1760. The van der Waals surface area contributed by atoms with Crippen LogP contribution in [0.25, 0.3) is 39.5 Å². The van der Waals surface area contributed by atoms with Gasteiger partial charge in [-0.3, -0.25) is 0 Å². The highest BCUT2D eigenvalue weighted by atomic mass is 15.1. The Hall–Kier alpha value is -4.76. The molecule has 1 aliphatic heterocycles. The Morgan fingerprint density at radius 2 is 1.20 bits per heavy atom. The van der Waals surface area contributed by atoms with Gasteiger partial charge in [0.15, 0.2) is 12.4 Å². The maximum atomic E-state index is 2.31. The minimum atomic E-state index is 0.933. The molecule has 5 aromatic rings. The molecule has 0 fully saturated rings. The quantitative estimate of drug-likeness (QED) is 0.191. The third-order valence-corrected chi connectivity index (χ3v) is 8.06. The minimum Gasteiger partial charge on any atom is -0.348 e. The molecule has 0 aliphatic carbocycles. The van der Waals surface area contributed by atoms with E-state index < -0.39 is 0 Å². The number of aryl methyl sites for hydroxylation is 2. The smallest absolute Gasteiger partial charge is 0.213 e. The molecule has 0 atom stereocenters. The number of benzene rings is 3. The number of hydrogen-bond acceptors (Lipinski definition) is 1. The van der Waals surface area contributed by atoms with Crippen LogP contribution in [0.1, 0.15) is 37.5 Å². The molecule has 3 aromatic carbocycles. The van der Waals surface area contributed by atoms with Crippen molar-refractivity contribution in [1.82, 2.24) is 0 Å². The maximum Gasteiger partial charge on any atom is 0.213 e. The first-order valence-electron chi connectivity index (χ1n) is 14.7. The molecule has 202 valence electrons. The predicted octanol–water partition coefficient (Wildman–Crippen LogP) is 8.14. The third kappa shape index (κ3) is 5.12. The van der Waals surface area contributed by atoms with Gasteiger partial charge < -0.3 is 4.90 Å². The van der Waals surface area contributed by atoms with Crippen LogP contribution in [0.5, 0.6) is 0 Å². The van der Waals surface area contributed by atoms with Gasteiger partial charge in [-0.1, -0.05) is 66.8 Å². The van der Waals surface area contributed by atoms with E-state index in [-0.39, 0.29) is 0 Å². The van der Waals surface area contributed by atoms with E-state index in [4.69, 9.17) is 0 Å². The molecule has 1 aliphatic rings. The molecule has 3 nitrogen and oxygen atoms in total. The van der Waals surface area contributed by atoms with Crippen LogP contribution in [0.2, 0.25) is 0 Å². The number of anilines is 1. The molecule has 0 spiro atoms. The van der Waals surface area contributed by atoms with Crippen molar-refractivity contribution in [2.75, 3.05) is 11.4 Å². The van der Waals surface area contributed by atoms with E-state index in [1.165, 1.54) is 55.3 Å². The van der Waals surface area contributed by atoms with Crippen molar-refractivity contribution < 1.29 is 9.13 Å². The van der Waals surface area contributed by atoms with Crippen molar-refractivity contribution in [2.45, 2.75) is 33.9 Å². The number of hydrogen-bond donors (Lipinski definition) is 0. The van der Waals surface area contributed by atoms with Crippen molar-refractivity contribution in [3.05, 3.63) is 144 Å². The lowest BCUT2D eigenvalue weighted by molar-refractivity contribution is -0.668. The van der Waals surface area contributed by atoms with Crippen LogP contribution in [0.15, 0.2) is 127 Å². The molecule has 0 amide bonds. The van der Waals surface area contributed by atoms with Gasteiger partial charge in [-0.05, 0) is 67.3 Å². The van der Waals surface area contributed by atoms with Gasteiger partial charge in [0.25, 0.3) is 0 Å². The van der Waals surface area contributed by atoms with E-state index in [9.17, 15) is 0 Å². The lowest BCUT2D eigenvalue weighted by Gasteiger charge is -2.27. The first-order valence-corrected chi connectivity index (χ1v) is 14.7. The highest BCUT2D eigenvalue weighted by Crippen LogP contribution is 2.36. The average Bonchev–Trinajstić information content (AvgIpc) is 3.04. The SMILES string of the molecule is CCN1C=CC(=C(C=Cc2cc[n+](CC)c3ccccc23)C=Cc2cc[n+](CC)c3ccccc23)c2ccccc21. The standard InChI is InChI=1S/C38H37N3/c1-4-39-26-23-30(33-13-7-10-16-36(33)39)21-19-29(32-25-28-41(6-3)38-18-12-9-15-35(32)38)20-22-31-24-27-40(5-2)37-17-11-8-14-34(31)37/h7-28H,4-6H2,1-3H3/q+2. The third-order valence-electron chi connectivity index (χ3n) is 8.06. The summed E-state index contributed by atoms with van der Waals surface area (Å²) in [5, 5.41) is 2.52. The first-order chi connectivity index (χ1) is 20.2. The van der Waals surface area contributed by atoms with Crippen molar-refractivity contribution in [2.24, 2.45) is 0 Å². The van der Waals surface area contributed by atoms with Gasteiger partial charge in [-0.25, -0.2) is 0 Å². The van der Waals surface area contributed by atoms with Gasteiger partial charge in [-0.2, -0.15) is 9.13 Å². The number of allylic oxidation sites excluding steroid dienone is 5. The van der Waals surface area contributed by atoms with E-state index >= 15 is 0 Å². The van der Waals surface area contributed by atoms with Crippen LogP contribution < -0.4 is 14.0 Å². The zero-order valence-corrected chi connectivity index (χ0v) is 24.2. The molecule has 2 aromatic heterocycles. The van der Waals surface area contributed by atoms with Crippen LogP contribution in [-0.2, 0) is 13.1 Å². The summed E-state index contributed by atoms with van der Waals surface area (Å²) in [6.07, 6.45) is 18.0. The lowest BCUT2D eigenvalue weighted by atomic mass is 9.93. The molecule has 0 radical (unpaired) electrons. The second kappa shape index (κ2) is 11.8. The highest BCUT2D eigenvalue weighted by molar-refractivity contribution is 5.93. The Morgan fingerprint density at radius 1 is 0.659 bits per heavy atom. The molecule has 0 bridgehead atoms. The molecule has 3 heteroatoms. The molecular formula is C38H37N3+2. The Balaban J connectivity index is 1.52. The summed E-state index contributed by atoms with van der Waals surface area (Å²) in [5.41, 5.74) is 9.84. The zero-order valence-electron chi connectivity index (χ0n) is 24.2. The van der Waals surface area contributed by atoms with Crippen LogP contribution >= 0.6 is 0 Å². The van der Waals surface area contributed by atoms with Gasteiger partial charge in [0.05, 0.1) is 10.8 Å². The fraction of sp³-hybridized carbons (Fsp3) is 0.158. The molecule has 0 saturated carbocycles. The second-order valence-corrected chi connectivity index (χ2v) is 10.3. The maximum absolute atomic E-state index is 2.31. The minimum absolute atomic E-state index is 0.933. The number of rotatable bonds is 7. The number of para-hydroxylation sites is 3. The van der Waals surface area contributed by atoms with Gasteiger partial charge >= 0.3 is 0 Å². The fourth-order valence-corrected chi connectivity index (χ4v) is 5.87. The highest BCUT2D eigenvalue weighted by Gasteiger charge is 2.17. The summed E-state index contributed by atoms with van der Waals surface area (Å²) in [7, 11) is 0. The monoisotopic (exact) mass is 535 g/mol. The second-order valence-electron chi connectivity index (χ2n) is 10.3. The number of nitrogens with zero attached hydrogens (tertiary/aromatic N) is 3. The van der Waals surface area contributed by atoms with E-state index in [0.717, 1.165) is 19.6 Å². The van der Waals surface area contributed by atoms with Gasteiger partial charge in [0, 0.05) is 48.3 Å². The van der Waals surface area contributed by atoms with Crippen LogP contribution in [-0.4, -0.2) is 6.54 Å². The summed E-state index contributed by atoms with van der Waals surface area (Å²) >= 11 is 0. The molecule has 41 heavy (non-hydrogen) atoms. The van der Waals surface area contributed by atoms with E-state index in [2.05, 4.69) is 169 Å². The Kier molecular flexibility index (Phi) is 7.60. The summed E-state index contributed by atoms with van der Waals surface area (Å²) in [6, 6.07) is 30.5. The summed E-state index contributed by atoms with van der Waals surface area (Å²) < 4.78 is 4.60. The molecule has 0 saturated heterocycles. The average molecular weight is 536 g/mol. The normalized spacial score (nSPS) is 13.1. The number of fused-ring (bicyclic) bond motifs is 3. The van der Waals surface area contributed by atoms with Gasteiger partial charge in [-0.15, -0.1) is 0 Å². The molecule has 0 N–H and O–H groups in total. The van der Waals surface area contributed by atoms with Gasteiger partial charge in [0.1, 0.15) is 13.1 Å². The largest absolute Gasteiger partial charge is 0.348 e. The summed E-state index contributed by atoms with van der Waals surface area (Å²) in [4.78, 5) is 2.31. The summed E-state index contributed by atoms with van der Waals surface area (Å²) in [6.45, 7) is 9.40. The first kappa shape index (κ1) is 26.5. The molecule has 3 heterocycles. The number of pyridine rings is 2. The van der Waals surface area contributed by atoms with E-state index in [1.807, 2.05) is 0 Å². The van der Waals surface area contributed by atoms with Crippen LogP contribution in [0.3, 0.4) is 0 Å². The van der Waals surface area contributed by atoms with Crippen molar-refractivity contribution in [1.29, 1.82) is 0 Å². The number of aromatic nitrogens is 2. The molecule has 6 rings (SSSR count). The van der Waals surface area contributed by atoms with Crippen molar-refractivity contribution >= 4 is 45.2 Å². The lowest BCUT2D eigenvalue weighted by Crippen LogP contribution is -2.32. The predicted molar refractivity (Wildman–Crippen MR) is 173 cm³/mol. The Morgan fingerprint density at radius 3 is 1.76 bits per heavy atom. The van der Waals surface area contributed by atoms with E-state index in [0.29, 0.717) is 0 Å². The van der Waals surface area contributed by atoms with Crippen LogP contribution in [0.4, 0.5) is 5.69 Å².